The Balaban J connectivity index is 2.04. The van der Waals surface area contributed by atoms with Crippen LogP contribution in [0.1, 0.15) is 63.1 Å². The van der Waals surface area contributed by atoms with Gasteiger partial charge in [0.2, 0.25) is 0 Å². The second-order valence-electron chi connectivity index (χ2n) is 6.33. The van der Waals surface area contributed by atoms with Crippen LogP contribution in [0.15, 0.2) is 18.2 Å². The molecule has 0 spiro atoms. The molecule has 1 aromatic rings. The number of rotatable bonds is 5. The van der Waals surface area contributed by atoms with Gasteiger partial charge in [0, 0.05) is 23.7 Å². The maximum Gasteiger partial charge on any atom is 0.272 e. The number of nitro benzene ring substituents is 1. The van der Waals surface area contributed by atoms with Crippen LogP contribution in [0.3, 0.4) is 0 Å². The molecule has 4 heteroatoms. The van der Waals surface area contributed by atoms with Gasteiger partial charge in [0.25, 0.3) is 5.69 Å². The van der Waals surface area contributed by atoms with Crippen LogP contribution in [0.5, 0.6) is 0 Å². The molecule has 0 radical (unpaired) electrons. The molecule has 0 amide bonds. The summed E-state index contributed by atoms with van der Waals surface area (Å²) < 4.78 is 0. The van der Waals surface area contributed by atoms with Gasteiger partial charge in [0.05, 0.1) is 4.92 Å². The molecule has 2 rings (SSSR count). The highest BCUT2D eigenvalue weighted by molar-refractivity contribution is 5.43. The Bertz CT molecular complexity index is 502. The lowest BCUT2D eigenvalue weighted by Crippen LogP contribution is -2.35. The molecular weight excluding hydrogens is 264 g/mol. The van der Waals surface area contributed by atoms with Crippen molar-refractivity contribution < 1.29 is 4.92 Å². The second kappa shape index (κ2) is 7.03. The first-order valence-electron chi connectivity index (χ1n) is 8.02. The van der Waals surface area contributed by atoms with Crippen molar-refractivity contribution in [2.75, 3.05) is 0 Å². The summed E-state index contributed by atoms with van der Waals surface area (Å²) in [4.78, 5) is 10.8. The van der Waals surface area contributed by atoms with Crippen molar-refractivity contribution in [2.24, 2.45) is 5.92 Å². The first kappa shape index (κ1) is 16.0. The fourth-order valence-corrected chi connectivity index (χ4v) is 3.36. The molecule has 0 aromatic heterocycles. The largest absolute Gasteiger partial charge is 0.307 e. The van der Waals surface area contributed by atoms with E-state index in [1.807, 2.05) is 12.1 Å². The highest BCUT2D eigenvalue weighted by atomic mass is 16.6. The molecule has 0 bridgehead atoms. The Morgan fingerprint density at radius 1 is 1.43 bits per heavy atom. The van der Waals surface area contributed by atoms with Gasteiger partial charge in [0.1, 0.15) is 0 Å². The first-order valence-corrected chi connectivity index (χ1v) is 8.02. The molecule has 3 atom stereocenters. The SMILES string of the molecule is CCC1CCCC(NC(C)c2ccc(C)c([N+](=O)[O-])c2)C1. The Labute approximate surface area is 127 Å². The van der Waals surface area contributed by atoms with Crippen molar-refractivity contribution in [3.05, 3.63) is 39.4 Å². The lowest BCUT2D eigenvalue weighted by Gasteiger charge is -2.31. The van der Waals surface area contributed by atoms with Crippen LogP contribution in [0.25, 0.3) is 0 Å². The minimum absolute atomic E-state index is 0.157. The molecule has 0 heterocycles. The van der Waals surface area contributed by atoms with E-state index in [1.165, 1.54) is 32.1 Å². The monoisotopic (exact) mass is 290 g/mol. The van der Waals surface area contributed by atoms with Gasteiger partial charge >= 0.3 is 0 Å². The third kappa shape index (κ3) is 4.03. The summed E-state index contributed by atoms with van der Waals surface area (Å²) in [5, 5.41) is 14.7. The van der Waals surface area contributed by atoms with E-state index >= 15 is 0 Å². The molecule has 3 unspecified atom stereocenters. The quantitative estimate of drug-likeness (QED) is 0.640. The van der Waals surface area contributed by atoms with Crippen LogP contribution in [-0.4, -0.2) is 11.0 Å². The van der Waals surface area contributed by atoms with Gasteiger partial charge in [-0.1, -0.05) is 38.3 Å². The van der Waals surface area contributed by atoms with Gasteiger partial charge < -0.3 is 5.32 Å². The lowest BCUT2D eigenvalue weighted by atomic mass is 9.84. The van der Waals surface area contributed by atoms with Crippen molar-refractivity contribution in [1.82, 2.24) is 5.32 Å². The Morgan fingerprint density at radius 2 is 2.19 bits per heavy atom. The van der Waals surface area contributed by atoms with Gasteiger partial charge in [-0.2, -0.15) is 0 Å². The average molecular weight is 290 g/mol. The van der Waals surface area contributed by atoms with Gasteiger partial charge in [-0.15, -0.1) is 0 Å². The molecule has 4 nitrogen and oxygen atoms in total. The highest BCUT2D eigenvalue weighted by Gasteiger charge is 2.23. The number of nitrogens with one attached hydrogen (secondary N) is 1. The number of nitro groups is 1. The van der Waals surface area contributed by atoms with E-state index in [1.54, 1.807) is 13.0 Å². The maximum atomic E-state index is 11.1. The third-order valence-corrected chi connectivity index (χ3v) is 4.78. The zero-order valence-electron chi connectivity index (χ0n) is 13.3. The standard InChI is InChI=1S/C17H26N2O2/c1-4-14-6-5-7-16(10-14)18-13(3)15-9-8-12(2)17(11-15)19(20)21/h8-9,11,13-14,16,18H,4-7,10H2,1-3H3. The summed E-state index contributed by atoms with van der Waals surface area (Å²) >= 11 is 0. The van der Waals surface area contributed by atoms with Crippen LogP contribution in [0, 0.1) is 23.0 Å². The normalized spacial score (nSPS) is 23.8. The summed E-state index contributed by atoms with van der Waals surface area (Å²) in [5.74, 6) is 0.829. The van der Waals surface area contributed by atoms with Crippen molar-refractivity contribution in [2.45, 2.75) is 65.0 Å². The average Bonchev–Trinajstić information content (AvgIpc) is 2.47. The lowest BCUT2D eigenvalue weighted by molar-refractivity contribution is -0.385. The van der Waals surface area contributed by atoms with E-state index in [0.29, 0.717) is 6.04 Å². The van der Waals surface area contributed by atoms with Crippen LogP contribution in [0.4, 0.5) is 5.69 Å². The van der Waals surface area contributed by atoms with Crippen molar-refractivity contribution >= 4 is 5.69 Å². The number of benzene rings is 1. The molecule has 116 valence electrons. The number of hydrogen-bond donors (Lipinski definition) is 1. The molecule has 21 heavy (non-hydrogen) atoms. The second-order valence-corrected chi connectivity index (χ2v) is 6.33. The Morgan fingerprint density at radius 3 is 2.86 bits per heavy atom. The fraction of sp³-hybridized carbons (Fsp3) is 0.647. The zero-order chi connectivity index (χ0) is 15.4. The maximum absolute atomic E-state index is 11.1. The molecule has 1 fully saturated rings. The van der Waals surface area contributed by atoms with Gasteiger partial charge in [0.15, 0.2) is 0 Å². The van der Waals surface area contributed by atoms with Gasteiger partial charge in [-0.25, -0.2) is 0 Å². The van der Waals surface area contributed by atoms with E-state index in [2.05, 4.69) is 19.2 Å². The fourth-order valence-electron chi connectivity index (χ4n) is 3.36. The molecule has 1 aliphatic rings. The van der Waals surface area contributed by atoms with Crippen LogP contribution < -0.4 is 5.32 Å². The minimum Gasteiger partial charge on any atom is -0.307 e. The van der Waals surface area contributed by atoms with E-state index in [0.717, 1.165) is 17.0 Å². The molecule has 1 saturated carbocycles. The predicted molar refractivity (Wildman–Crippen MR) is 85.4 cm³/mol. The smallest absolute Gasteiger partial charge is 0.272 e. The molecular formula is C17H26N2O2. The number of nitrogens with zero attached hydrogens (tertiary/aromatic N) is 1. The molecule has 0 saturated heterocycles. The summed E-state index contributed by atoms with van der Waals surface area (Å²) in [6, 6.07) is 6.26. The summed E-state index contributed by atoms with van der Waals surface area (Å²) in [5.41, 5.74) is 1.95. The van der Waals surface area contributed by atoms with E-state index in [-0.39, 0.29) is 16.7 Å². The summed E-state index contributed by atoms with van der Waals surface area (Å²) in [6.07, 6.45) is 6.34. The van der Waals surface area contributed by atoms with E-state index in [4.69, 9.17) is 0 Å². The van der Waals surface area contributed by atoms with Crippen molar-refractivity contribution in [3.8, 4) is 0 Å². The molecule has 1 N–H and O–H groups in total. The predicted octanol–water partition coefficient (Wildman–Crippen LogP) is 4.52. The highest BCUT2D eigenvalue weighted by Crippen LogP contribution is 2.29. The van der Waals surface area contributed by atoms with Crippen molar-refractivity contribution in [1.29, 1.82) is 0 Å². The minimum atomic E-state index is -0.292. The topological polar surface area (TPSA) is 55.2 Å². The van der Waals surface area contributed by atoms with Crippen molar-refractivity contribution in [3.63, 3.8) is 0 Å². The third-order valence-electron chi connectivity index (χ3n) is 4.78. The summed E-state index contributed by atoms with van der Waals surface area (Å²) in [6.45, 7) is 6.15. The summed E-state index contributed by atoms with van der Waals surface area (Å²) in [7, 11) is 0. The van der Waals surface area contributed by atoms with E-state index in [9.17, 15) is 10.1 Å². The van der Waals surface area contributed by atoms with Gasteiger partial charge in [-0.3, -0.25) is 10.1 Å². The Hall–Kier alpha value is -1.42. The molecule has 1 aromatic carbocycles. The van der Waals surface area contributed by atoms with Crippen LogP contribution in [-0.2, 0) is 0 Å². The number of aryl methyl sites for hydroxylation is 1. The van der Waals surface area contributed by atoms with Crippen LogP contribution in [0.2, 0.25) is 0 Å². The van der Waals surface area contributed by atoms with Crippen LogP contribution >= 0.6 is 0 Å². The first-order chi connectivity index (χ1) is 10.0. The Kier molecular flexibility index (Phi) is 5.34. The van der Waals surface area contributed by atoms with E-state index < -0.39 is 0 Å². The molecule has 0 aliphatic heterocycles. The molecule has 1 aliphatic carbocycles. The zero-order valence-corrected chi connectivity index (χ0v) is 13.3. The number of hydrogen-bond acceptors (Lipinski definition) is 3. The van der Waals surface area contributed by atoms with Gasteiger partial charge in [-0.05, 0) is 38.2 Å².